The molecule has 1 aliphatic rings. The van der Waals surface area contributed by atoms with Crippen molar-refractivity contribution in [3.63, 3.8) is 0 Å². The summed E-state index contributed by atoms with van der Waals surface area (Å²) in [4.78, 5) is 0. The number of nitrogens with one attached hydrogen (secondary N) is 2. The zero-order valence-electron chi connectivity index (χ0n) is 6.25. The quantitative estimate of drug-likeness (QED) is 0.285. The first-order chi connectivity index (χ1) is 4.13. The van der Waals surface area contributed by atoms with E-state index in [-0.39, 0.29) is 66.2 Å². The first-order valence-corrected chi connectivity index (χ1v) is 2.55. The minimum atomic E-state index is -2.15. The van der Waals surface area contributed by atoms with E-state index in [1.165, 1.54) is 0 Å². The molecule has 81 valence electrons. The Balaban J connectivity index is -0.000000101. The van der Waals surface area contributed by atoms with Gasteiger partial charge >= 0.3 is 17.4 Å². The van der Waals surface area contributed by atoms with Crippen molar-refractivity contribution in [2.24, 2.45) is 0 Å². The second-order valence-electron chi connectivity index (χ2n) is 1.87. The Morgan fingerprint density at radius 2 is 1.62 bits per heavy atom. The number of hydrogen-bond donors (Lipinski definition) is 5. The molecule has 6 nitrogen and oxygen atoms in total. The molecule has 0 aromatic heterocycles. The molecular formula is C3H9Cl3CrN3O3. The molecule has 1 saturated heterocycles. The van der Waals surface area contributed by atoms with Gasteiger partial charge in [0, 0.05) is 13.0 Å². The number of hydroxylamine groups is 1. The standard InChI is InChI=1S/C3H9N3O3.3ClH.Cr/c7-3(8)1-2-4-5-6(3)9;;;;/h4-5,7-9H,1-2H2;3*1H;/q;;;;+3/p-3. The van der Waals surface area contributed by atoms with Crippen molar-refractivity contribution in [3.8, 4) is 0 Å². The van der Waals surface area contributed by atoms with E-state index < -0.39 is 5.91 Å². The van der Waals surface area contributed by atoms with Crippen molar-refractivity contribution in [1.29, 1.82) is 0 Å². The molecule has 10 heteroatoms. The molecule has 0 amide bonds. The second kappa shape index (κ2) is 9.71. The third kappa shape index (κ3) is 7.13. The van der Waals surface area contributed by atoms with E-state index in [1.807, 2.05) is 0 Å². The first kappa shape index (κ1) is 23.8. The molecule has 0 spiro atoms. The SMILES string of the molecule is ON1NNCCC1(O)O.[Cl-].[Cl-].[Cl-].[Cr+3]. The molecule has 1 radical (unpaired) electrons. The summed E-state index contributed by atoms with van der Waals surface area (Å²) in [5.41, 5.74) is 4.61. The molecular weight excluding hydrogens is 284 g/mol. The van der Waals surface area contributed by atoms with Gasteiger partial charge < -0.3 is 47.4 Å². The molecule has 1 heterocycles. The molecule has 13 heavy (non-hydrogen) atoms. The van der Waals surface area contributed by atoms with Gasteiger partial charge in [-0.2, -0.15) is 5.53 Å². The van der Waals surface area contributed by atoms with E-state index in [0.717, 1.165) is 0 Å². The Labute approximate surface area is 105 Å². The molecule has 0 aliphatic carbocycles. The van der Waals surface area contributed by atoms with Gasteiger partial charge in [0.1, 0.15) is 0 Å². The summed E-state index contributed by atoms with van der Waals surface area (Å²) < 4.78 is 0. The van der Waals surface area contributed by atoms with Gasteiger partial charge in [0.2, 0.25) is 0 Å². The van der Waals surface area contributed by atoms with E-state index in [9.17, 15) is 0 Å². The van der Waals surface area contributed by atoms with Crippen LogP contribution in [0.25, 0.3) is 0 Å². The number of hydrazine groups is 2. The molecule has 0 saturated carbocycles. The third-order valence-electron chi connectivity index (χ3n) is 1.11. The van der Waals surface area contributed by atoms with Crippen LogP contribution in [-0.4, -0.2) is 33.0 Å². The van der Waals surface area contributed by atoms with Crippen LogP contribution < -0.4 is 48.2 Å². The van der Waals surface area contributed by atoms with Crippen LogP contribution in [0.3, 0.4) is 0 Å². The van der Waals surface area contributed by atoms with E-state index in [0.29, 0.717) is 6.54 Å². The summed E-state index contributed by atoms with van der Waals surface area (Å²) in [6, 6.07) is 0. The maximum atomic E-state index is 8.77. The van der Waals surface area contributed by atoms with Gasteiger partial charge in [-0.3, -0.25) is 5.21 Å². The number of nitrogens with zero attached hydrogens (tertiary/aromatic N) is 1. The topological polar surface area (TPSA) is 88.0 Å². The zero-order valence-corrected chi connectivity index (χ0v) is 9.79. The Hall–Kier alpha value is 1.16. The predicted molar refractivity (Wildman–Crippen MR) is 26.5 cm³/mol. The van der Waals surface area contributed by atoms with E-state index in [1.54, 1.807) is 0 Å². The molecule has 1 rings (SSSR count). The maximum absolute atomic E-state index is 8.77. The van der Waals surface area contributed by atoms with Crippen molar-refractivity contribution in [2.45, 2.75) is 12.3 Å². The zero-order chi connectivity index (χ0) is 6.91. The first-order valence-electron chi connectivity index (χ1n) is 2.55. The Morgan fingerprint density at radius 3 is 1.85 bits per heavy atom. The van der Waals surface area contributed by atoms with Crippen molar-refractivity contribution in [2.75, 3.05) is 6.54 Å². The Kier molecular flexibility index (Phi) is 17.7. The van der Waals surface area contributed by atoms with Crippen LogP contribution in [0.15, 0.2) is 0 Å². The van der Waals surface area contributed by atoms with Crippen molar-refractivity contribution in [3.05, 3.63) is 0 Å². The van der Waals surface area contributed by atoms with Gasteiger partial charge in [0.25, 0.3) is 5.91 Å². The second-order valence-corrected chi connectivity index (χ2v) is 1.87. The van der Waals surface area contributed by atoms with Gasteiger partial charge in [-0.25, -0.2) is 5.43 Å². The molecule has 1 fully saturated rings. The summed E-state index contributed by atoms with van der Waals surface area (Å²) in [5, 5.41) is 26.3. The summed E-state index contributed by atoms with van der Waals surface area (Å²) >= 11 is 0. The summed E-state index contributed by atoms with van der Waals surface area (Å²) in [7, 11) is 0. The fourth-order valence-electron chi connectivity index (χ4n) is 0.556. The molecule has 0 bridgehead atoms. The normalized spacial score (nSPS) is 19.6. The molecule has 0 aromatic rings. The average Bonchev–Trinajstić information content (AvgIpc) is 1.77. The largest absolute Gasteiger partial charge is 3.00 e. The summed E-state index contributed by atoms with van der Waals surface area (Å²) in [6.45, 7) is 0.393. The van der Waals surface area contributed by atoms with Gasteiger partial charge in [0.15, 0.2) is 0 Å². The van der Waals surface area contributed by atoms with E-state index in [2.05, 4.69) is 11.0 Å². The van der Waals surface area contributed by atoms with Crippen LogP contribution in [0.2, 0.25) is 0 Å². The molecule has 0 unspecified atom stereocenters. The van der Waals surface area contributed by atoms with Gasteiger partial charge in [0.05, 0.1) is 0 Å². The summed E-state index contributed by atoms with van der Waals surface area (Å²) in [6.07, 6.45) is 0.0521. The van der Waals surface area contributed by atoms with Crippen LogP contribution in [0.4, 0.5) is 0 Å². The van der Waals surface area contributed by atoms with Gasteiger partial charge in [-0.15, -0.1) is 0 Å². The molecule has 1 aliphatic heterocycles. The number of aliphatic hydroxyl groups is 2. The van der Waals surface area contributed by atoms with Crippen LogP contribution in [0.1, 0.15) is 6.42 Å². The minimum absolute atomic E-state index is 0. The maximum Gasteiger partial charge on any atom is 3.00 e. The van der Waals surface area contributed by atoms with E-state index in [4.69, 9.17) is 15.4 Å². The Morgan fingerprint density at radius 1 is 1.15 bits per heavy atom. The minimum Gasteiger partial charge on any atom is -1.00 e. The van der Waals surface area contributed by atoms with Gasteiger partial charge in [-0.05, 0) is 0 Å². The van der Waals surface area contributed by atoms with Crippen molar-refractivity contribution >= 4 is 0 Å². The van der Waals surface area contributed by atoms with Crippen LogP contribution >= 0.6 is 0 Å². The molecule has 5 N–H and O–H groups in total. The fraction of sp³-hybridized carbons (Fsp3) is 1.00. The van der Waals surface area contributed by atoms with E-state index >= 15 is 0 Å². The molecule has 0 atom stereocenters. The van der Waals surface area contributed by atoms with Crippen molar-refractivity contribution < 1.29 is 70.0 Å². The fourth-order valence-corrected chi connectivity index (χ4v) is 0.556. The number of halogens is 3. The van der Waals surface area contributed by atoms with Gasteiger partial charge in [-0.1, -0.05) is 5.17 Å². The van der Waals surface area contributed by atoms with Crippen LogP contribution in [0, 0.1) is 0 Å². The van der Waals surface area contributed by atoms with Crippen LogP contribution in [0.5, 0.6) is 0 Å². The van der Waals surface area contributed by atoms with Crippen LogP contribution in [-0.2, 0) is 17.4 Å². The predicted octanol–water partition coefficient (Wildman–Crippen LogP) is -11.3. The smallest absolute Gasteiger partial charge is 1.00 e. The number of rotatable bonds is 0. The average molecular weight is 293 g/mol. The Bertz CT molecular complexity index is 121. The monoisotopic (exact) mass is 292 g/mol. The van der Waals surface area contributed by atoms with Crippen molar-refractivity contribution in [1.82, 2.24) is 16.1 Å². The number of hydrogen-bond acceptors (Lipinski definition) is 6. The summed E-state index contributed by atoms with van der Waals surface area (Å²) in [5.74, 6) is -2.15. The molecule has 0 aromatic carbocycles. The third-order valence-corrected chi connectivity index (χ3v) is 1.11.